The molecule has 2 unspecified atom stereocenters. The van der Waals surface area contributed by atoms with Crippen LogP contribution in [0, 0.1) is 5.92 Å². The molecule has 0 N–H and O–H groups in total. The largest absolute Gasteiger partial charge is 0.378 e. The van der Waals surface area contributed by atoms with Gasteiger partial charge in [0.25, 0.3) is 0 Å². The Morgan fingerprint density at radius 3 is 2.79 bits per heavy atom. The minimum atomic E-state index is 0.476. The van der Waals surface area contributed by atoms with Crippen LogP contribution in [0.4, 0.5) is 0 Å². The first-order chi connectivity index (χ1) is 6.86. The van der Waals surface area contributed by atoms with Crippen molar-refractivity contribution in [3.05, 3.63) is 0 Å². The summed E-state index contributed by atoms with van der Waals surface area (Å²) in [6.45, 7) is 3.03. The van der Waals surface area contributed by atoms with Crippen LogP contribution in [-0.4, -0.2) is 19.0 Å². The fraction of sp³-hybridized carbons (Fsp3) is 0.917. The molecular formula is C12H22O2. The van der Waals surface area contributed by atoms with Gasteiger partial charge in [-0.2, -0.15) is 0 Å². The van der Waals surface area contributed by atoms with Crippen LogP contribution in [0.25, 0.3) is 0 Å². The molecule has 1 rings (SSSR count). The third-order valence-corrected chi connectivity index (χ3v) is 3.02. The Labute approximate surface area is 87.0 Å². The highest BCUT2D eigenvalue weighted by molar-refractivity contribution is 5.49. The van der Waals surface area contributed by atoms with Crippen molar-refractivity contribution >= 4 is 6.29 Å². The van der Waals surface area contributed by atoms with E-state index in [1.165, 1.54) is 32.1 Å². The van der Waals surface area contributed by atoms with Crippen LogP contribution in [0.1, 0.15) is 51.9 Å². The molecule has 2 atom stereocenters. The fourth-order valence-corrected chi connectivity index (χ4v) is 2.03. The smallest absolute Gasteiger partial charge is 0.120 e. The first-order valence-electron chi connectivity index (χ1n) is 5.92. The molecule has 1 heterocycles. The number of hydrogen-bond acceptors (Lipinski definition) is 2. The van der Waals surface area contributed by atoms with Gasteiger partial charge in [-0.3, -0.25) is 0 Å². The highest BCUT2D eigenvalue weighted by Gasteiger charge is 2.20. The SMILES string of the molecule is CCCCCC1CCC(CC=O)CO1. The third-order valence-electron chi connectivity index (χ3n) is 3.02. The van der Waals surface area contributed by atoms with E-state index in [-0.39, 0.29) is 0 Å². The van der Waals surface area contributed by atoms with E-state index in [4.69, 9.17) is 4.74 Å². The second-order valence-electron chi connectivity index (χ2n) is 4.30. The summed E-state index contributed by atoms with van der Waals surface area (Å²) < 4.78 is 5.73. The summed E-state index contributed by atoms with van der Waals surface area (Å²) in [6.07, 6.45) is 9.61. The van der Waals surface area contributed by atoms with Crippen LogP contribution in [0.2, 0.25) is 0 Å². The van der Waals surface area contributed by atoms with E-state index in [0.717, 1.165) is 19.3 Å². The Morgan fingerprint density at radius 2 is 2.21 bits per heavy atom. The Balaban J connectivity index is 2.06. The quantitative estimate of drug-likeness (QED) is 0.484. The molecule has 2 heteroatoms. The van der Waals surface area contributed by atoms with Crippen molar-refractivity contribution in [2.75, 3.05) is 6.61 Å². The Bertz CT molecular complexity index is 148. The number of rotatable bonds is 6. The standard InChI is InChI=1S/C12H22O2/c1-2-3-4-5-12-7-6-11(8-9-13)10-14-12/h9,11-12H,2-8,10H2,1H3. The zero-order chi connectivity index (χ0) is 10.2. The van der Waals surface area contributed by atoms with Gasteiger partial charge in [-0.05, 0) is 25.2 Å². The molecule has 1 aliphatic heterocycles. The van der Waals surface area contributed by atoms with Crippen molar-refractivity contribution < 1.29 is 9.53 Å². The molecule has 2 nitrogen and oxygen atoms in total. The molecule has 0 aromatic carbocycles. The molecule has 0 bridgehead atoms. The van der Waals surface area contributed by atoms with Gasteiger partial charge in [0, 0.05) is 6.42 Å². The van der Waals surface area contributed by atoms with Gasteiger partial charge < -0.3 is 9.53 Å². The average Bonchev–Trinajstić information content (AvgIpc) is 2.21. The lowest BCUT2D eigenvalue weighted by molar-refractivity contribution is -0.110. The minimum absolute atomic E-state index is 0.476. The van der Waals surface area contributed by atoms with Crippen LogP contribution in [-0.2, 0) is 9.53 Å². The van der Waals surface area contributed by atoms with E-state index >= 15 is 0 Å². The van der Waals surface area contributed by atoms with Gasteiger partial charge in [-0.25, -0.2) is 0 Å². The molecule has 0 aromatic heterocycles. The van der Waals surface area contributed by atoms with Gasteiger partial charge in [-0.1, -0.05) is 26.2 Å². The van der Waals surface area contributed by atoms with E-state index in [1.54, 1.807) is 0 Å². The molecule has 0 radical (unpaired) electrons. The van der Waals surface area contributed by atoms with Crippen LogP contribution >= 0.6 is 0 Å². The van der Waals surface area contributed by atoms with Gasteiger partial charge in [0.1, 0.15) is 6.29 Å². The van der Waals surface area contributed by atoms with Gasteiger partial charge in [-0.15, -0.1) is 0 Å². The average molecular weight is 198 g/mol. The van der Waals surface area contributed by atoms with Crippen LogP contribution in [0.3, 0.4) is 0 Å². The van der Waals surface area contributed by atoms with Crippen molar-refractivity contribution in [1.82, 2.24) is 0 Å². The molecule has 1 saturated heterocycles. The maximum atomic E-state index is 10.3. The Hall–Kier alpha value is -0.370. The summed E-state index contributed by atoms with van der Waals surface area (Å²) in [5, 5.41) is 0. The molecular weight excluding hydrogens is 176 g/mol. The fourth-order valence-electron chi connectivity index (χ4n) is 2.03. The van der Waals surface area contributed by atoms with Gasteiger partial charge in [0.2, 0.25) is 0 Å². The van der Waals surface area contributed by atoms with Crippen molar-refractivity contribution in [3.8, 4) is 0 Å². The number of aldehydes is 1. The van der Waals surface area contributed by atoms with E-state index in [0.29, 0.717) is 18.4 Å². The number of ether oxygens (including phenoxy) is 1. The normalized spacial score (nSPS) is 27.5. The van der Waals surface area contributed by atoms with Gasteiger partial charge in [0.15, 0.2) is 0 Å². The molecule has 0 spiro atoms. The first kappa shape index (κ1) is 11.7. The summed E-state index contributed by atoms with van der Waals surface area (Å²) in [4.78, 5) is 10.3. The number of unbranched alkanes of at least 4 members (excludes halogenated alkanes) is 2. The lowest BCUT2D eigenvalue weighted by Crippen LogP contribution is -2.26. The zero-order valence-corrected chi connectivity index (χ0v) is 9.21. The molecule has 0 aliphatic carbocycles. The highest BCUT2D eigenvalue weighted by atomic mass is 16.5. The molecule has 1 fully saturated rings. The Kier molecular flexibility index (Phi) is 5.85. The molecule has 0 aromatic rings. The first-order valence-corrected chi connectivity index (χ1v) is 5.92. The molecule has 1 aliphatic rings. The van der Waals surface area contributed by atoms with Crippen LogP contribution in [0.5, 0.6) is 0 Å². The third kappa shape index (κ3) is 4.23. The zero-order valence-electron chi connectivity index (χ0n) is 9.21. The van der Waals surface area contributed by atoms with Gasteiger partial charge >= 0.3 is 0 Å². The maximum Gasteiger partial charge on any atom is 0.120 e. The summed E-state index contributed by atoms with van der Waals surface area (Å²) in [5.74, 6) is 0.495. The number of hydrogen-bond donors (Lipinski definition) is 0. The van der Waals surface area contributed by atoms with Crippen molar-refractivity contribution in [2.24, 2.45) is 5.92 Å². The molecule has 0 saturated carbocycles. The maximum absolute atomic E-state index is 10.3. The predicted molar refractivity (Wildman–Crippen MR) is 57.3 cm³/mol. The van der Waals surface area contributed by atoms with Crippen LogP contribution in [0.15, 0.2) is 0 Å². The lowest BCUT2D eigenvalue weighted by atomic mass is 9.94. The predicted octanol–water partition coefficient (Wildman–Crippen LogP) is 2.95. The minimum Gasteiger partial charge on any atom is -0.378 e. The highest BCUT2D eigenvalue weighted by Crippen LogP contribution is 2.23. The van der Waals surface area contributed by atoms with E-state index in [2.05, 4.69) is 6.92 Å². The monoisotopic (exact) mass is 198 g/mol. The van der Waals surface area contributed by atoms with Crippen molar-refractivity contribution in [1.29, 1.82) is 0 Å². The molecule has 14 heavy (non-hydrogen) atoms. The summed E-state index contributed by atoms with van der Waals surface area (Å²) in [7, 11) is 0. The second kappa shape index (κ2) is 6.99. The molecule has 82 valence electrons. The number of carbonyl (C=O) groups excluding carboxylic acids is 1. The van der Waals surface area contributed by atoms with E-state index in [1.807, 2.05) is 0 Å². The summed E-state index contributed by atoms with van der Waals surface area (Å²) in [5.41, 5.74) is 0. The van der Waals surface area contributed by atoms with Crippen molar-refractivity contribution in [3.63, 3.8) is 0 Å². The van der Waals surface area contributed by atoms with E-state index < -0.39 is 0 Å². The summed E-state index contributed by atoms with van der Waals surface area (Å²) in [6, 6.07) is 0. The van der Waals surface area contributed by atoms with Crippen LogP contribution < -0.4 is 0 Å². The lowest BCUT2D eigenvalue weighted by Gasteiger charge is -2.28. The number of carbonyl (C=O) groups is 1. The van der Waals surface area contributed by atoms with E-state index in [9.17, 15) is 4.79 Å². The van der Waals surface area contributed by atoms with Gasteiger partial charge in [0.05, 0.1) is 12.7 Å². The Morgan fingerprint density at radius 1 is 1.36 bits per heavy atom. The summed E-state index contributed by atoms with van der Waals surface area (Å²) >= 11 is 0. The second-order valence-corrected chi connectivity index (χ2v) is 4.30. The topological polar surface area (TPSA) is 26.3 Å². The van der Waals surface area contributed by atoms with Crippen molar-refractivity contribution in [2.45, 2.75) is 58.0 Å². The molecule has 0 amide bonds.